The molecular weight excluding hydrogens is 377 g/mol. The number of hydrogen-bond donors (Lipinski definition) is 1. The van der Waals surface area contributed by atoms with Crippen LogP contribution < -0.4 is 5.32 Å². The van der Waals surface area contributed by atoms with E-state index in [-0.39, 0.29) is 17.3 Å². The molecule has 1 aromatic carbocycles. The molecule has 0 radical (unpaired) electrons. The van der Waals surface area contributed by atoms with Crippen molar-refractivity contribution in [2.45, 2.75) is 42.8 Å². The molecule has 2 saturated heterocycles. The van der Waals surface area contributed by atoms with Crippen molar-refractivity contribution >= 4 is 22.4 Å². The van der Waals surface area contributed by atoms with Crippen LogP contribution in [0.4, 0.5) is 13.2 Å². The topological polar surface area (TPSA) is 49.4 Å². The molecule has 1 aromatic rings. The van der Waals surface area contributed by atoms with Crippen LogP contribution >= 0.6 is 12.4 Å². The molecule has 0 saturated carbocycles. The molecule has 142 valence electrons. The summed E-state index contributed by atoms with van der Waals surface area (Å²) in [5, 5.41) is 3.46. The second kappa shape index (κ2) is 7.82. The molecule has 4 nitrogen and oxygen atoms in total. The van der Waals surface area contributed by atoms with E-state index in [1.807, 2.05) is 0 Å². The Morgan fingerprint density at radius 1 is 1.04 bits per heavy atom. The van der Waals surface area contributed by atoms with E-state index in [0.29, 0.717) is 25.0 Å². The van der Waals surface area contributed by atoms with Gasteiger partial charge in [0.15, 0.2) is 0 Å². The van der Waals surface area contributed by atoms with Crippen molar-refractivity contribution in [1.29, 1.82) is 0 Å². The summed E-state index contributed by atoms with van der Waals surface area (Å²) in [6, 6.07) is 4.20. The van der Waals surface area contributed by atoms with Crippen molar-refractivity contribution in [3.05, 3.63) is 29.8 Å². The van der Waals surface area contributed by atoms with E-state index >= 15 is 0 Å². The molecule has 1 N–H and O–H groups in total. The van der Waals surface area contributed by atoms with Gasteiger partial charge in [0.05, 0.1) is 10.5 Å². The summed E-state index contributed by atoms with van der Waals surface area (Å²) in [6.45, 7) is 1.87. The van der Waals surface area contributed by atoms with Crippen LogP contribution in [-0.4, -0.2) is 38.4 Å². The van der Waals surface area contributed by atoms with Gasteiger partial charge in [-0.25, -0.2) is 8.42 Å². The van der Waals surface area contributed by atoms with E-state index in [2.05, 4.69) is 5.32 Å². The second-order valence-corrected chi connectivity index (χ2v) is 8.40. The largest absolute Gasteiger partial charge is 0.416 e. The number of sulfonamides is 1. The van der Waals surface area contributed by atoms with Crippen LogP contribution in [0, 0.1) is 5.92 Å². The molecule has 2 aliphatic rings. The molecule has 1 atom stereocenters. The lowest BCUT2D eigenvalue weighted by Crippen LogP contribution is -2.43. The van der Waals surface area contributed by atoms with Crippen LogP contribution in [0.3, 0.4) is 0 Å². The van der Waals surface area contributed by atoms with E-state index < -0.39 is 21.8 Å². The van der Waals surface area contributed by atoms with E-state index in [9.17, 15) is 21.6 Å². The third-order valence-electron chi connectivity index (χ3n) is 4.99. The third-order valence-corrected chi connectivity index (χ3v) is 6.90. The Morgan fingerprint density at radius 2 is 1.64 bits per heavy atom. The number of halogens is 4. The zero-order valence-corrected chi connectivity index (χ0v) is 15.3. The van der Waals surface area contributed by atoms with Crippen LogP contribution in [0.25, 0.3) is 0 Å². The SMILES string of the molecule is Cl.O=S(=O)(c1ccc(C(F)(F)F)cc1)N1CCC(C2CCCN2)CC1. The lowest BCUT2D eigenvalue weighted by molar-refractivity contribution is -0.137. The number of piperidine rings is 1. The van der Waals surface area contributed by atoms with Crippen molar-refractivity contribution in [2.75, 3.05) is 19.6 Å². The van der Waals surface area contributed by atoms with Gasteiger partial charge in [-0.3, -0.25) is 0 Å². The molecule has 2 heterocycles. The van der Waals surface area contributed by atoms with Crippen molar-refractivity contribution in [3.8, 4) is 0 Å². The Kier molecular flexibility index (Phi) is 6.40. The van der Waals surface area contributed by atoms with Crippen LogP contribution in [-0.2, 0) is 16.2 Å². The van der Waals surface area contributed by atoms with Gasteiger partial charge in [0.1, 0.15) is 0 Å². The van der Waals surface area contributed by atoms with E-state index in [4.69, 9.17) is 0 Å². The first-order valence-electron chi connectivity index (χ1n) is 8.19. The first-order chi connectivity index (χ1) is 11.3. The van der Waals surface area contributed by atoms with E-state index in [0.717, 1.165) is 56.5 Å². The number of hydrogen-bond acceptors (Lipinski definition) is 3. The van der Waals surface area contributed by atoms with E-state index in [1.54, 1.807) is 0 Å². The quantitative estimate of drug-likeness (QED) is 0.850. The molecule has 0 amide bonds. The number of rotatable bonds is 3. The average molecular weight is 399 g/mol. The minimum absolute atomic E-state index is 0. The first-order valence-corrected chi connectivity index (χ1v) is 9.63. The van der Waals surface area contributed by atoms with Gasteiger partial charge in [-0.2, -0.15) is 17.5 Å². The minimum Gasteiger partial charge on any atom is -0.314 e. The maximum absolute atomic E-state index is 12.6. The summed E-state index contributed by atoms with van der Waals surface area (Å²) in [6.07, 6.45) is -0.588. The predicted molar refractivity (Wildman–Crippen MR) is 91.2 cm³/mol. The fraction of sp³-hybridized carbons (Fsp3) is 0.625. The van der Waals surface area contributed by atoms with Gasteiger partial charge in [-0.15, -0.1) is 12.4 Å². The number of alkyl halides is 3. The zero-order valence-electron chi connectivity index (χ0n) is 13.6. The standard InChI is InChI=1S/C16H21F3N2O2S.ClH/c17-16(18,19)13-3-5-14(6-4-13)24(22,23)21-10-7-12(8-11-21)15-2-1-9-20-15;/h3-6,12,15,20H,1-2,7-11H2;1H. The molecule has 1 unspecified atom stereocenters. The summed E-state index contributed by atoms with van der Waals surface area (Å²) in [7, 11) is -3.73. The number of nitrogens with zero attached hydrogens (tertiary/aromatic N) is 1. The highest BCUT2D eigenvalue weighted by atomic mass is 35.5. The highest BCUT2D eigenvalue weighted by molar-refractivity contribution is 7.89. The molecular formula is C16H22ClF3N2O2S. The Balaban J connectivity index is 0.00000225. The lowest BCUT2D eigenvalue weighted by Gasteiger charge is -2.34. The Bertz CT molecular complexity index is 666. The second-order valence-electron chi connectivity index (χ2n) is 6.47. The molecule has 2 aliphatic heterocycles. The van der Waals surface area contributed by atoms with Crippen LogP contribution in [0.15, 0.2) is 29.2 Å². The summed E-state index contributed by atoms with van der Waals surface area (Å²) in [5.41, 5.74) is -0.840. The fourth-order valence-electron chi connectivity index (χ4n) is 3.60. The smallest absolute Gasteiger partial charge is 0.314 e. The molecule has 25 heavy (non-hydrogen) atoms. The van der Waals surface area contributed by atoms with E-state index in [1.165, 1.54) is 4.31 Å². The maximum Gasteiger partial charge on any atom is 0.416 e. The molecule has 9 heteroatoms. The van der Waals surface area contributed by atoms with Crippen LogP contribution in [0.1, 0.15) is 31.2 Å². The van der Waals surface area contributed by atoms with Crippen molar-refractivity contribution in [2.24, 2.45) is 5.92 Å². The molecule has 0 aromatic heterocycles. The molecule has 0 aliphatic carbocycles. The van der Waals surface area contributed by atoms with Crippen molar-refractivity contribution in [3.63, 3.8) is 0 Å². The zero-order chi connectivity index (χ0) is 17.4. The Labute approximate surface area is 152 Å². The third kappa shape index (κ3) is 4.48. The lowest BCUT2D eigenvalue weighted by atomic mass is 9.89. The molecule has 2 fully saturated rings. The average Bonchev–Trinajstić information content (AvgIpc) is 3.09. The number of nitrogens with one attached hydrogen (secondary N) is 1. The summed E-state index contributed by atoms with van der Waals surface area (Å²) in [5.74, 6) is 0.478. The van der Waals surface area contributed by atoms with Gasteiger partial charge in [0.25, 0.3) is 0 Å². The van der Waals surface area contributed by atoms with Crippen molar-refractivity contribution in [1.82, 2.24) is 9.62 Å². The predicted octanol–water partition coefficient (Wildman–Crippen LogP) is 3.28. The minimum atomic E-state index is -4.46. The van der Waals surface area contributed by atoms with Crippen molar-refractivity contribution < 1.29 is 21.6 Å². The molecule has 0 bridgehead atoms. The summed E-state index contributed by atoms with van der Waals surface area (Å²) < 4.78 is 64.4. The van der Waals surface area contributed by atoms with Crippen LogP contribution in [0.2, 0.25) is 0 Å². The van der Waals surface area contributed by atoms with Gasteiger partial charge >= 0.3 is 6.18 Å². The Morgan fingerprint density at radius 3 is 2.12 bits per heavy atom. The highest BCUT2D eigenvalue weighted by Crippen LogP contribution is 2.32. The van der Waals surface area contributed by atoms with Gasteiger partial charge in [-0.1, -0.05) is 0 Å². The molecule has 0 spiro atoms. The Hall–Kier alpha value is -0.830. The highest BCUT2D eigenvalue weighted by Gasteiger charge is 2.34. The summed E-state index contributed by atoms with van der Waals surface area (Å²) >= 11 is 0. The monoisotopic (exact) mass is 398 g/mol. The first kappa shape index (κ1) is 20.5. The fourth-order valence-corrected chi connectivity index (χ4v) is 5.07. The normalized spacial score (nSPS) is 23.4. The van der Waals surface area contributed by atoms with Gasteiger partial charge in [0.2, 0.25) is 10.0 Å². The van der Waals surface area contributed by atoms with Gasteiger partial charge in [-0.05, 0) is 62.4 Å². The molecule has 3 rings (SSSR count). The number of benzene rings is 1. The maximum atomic E-state index is 12.6. The van der Waals surface area contributed by atoms with Gasteiger partial charge < -0.3 is 5.32 Å². The summed E-state index contributed by atoms with van der Waals surface area (Å²) in [4.78, 5) is -0.0760. The van der Waals surface area contributed by atoms with Gasteiger partial charge in [0, 0.05) is 19.1 Å². The van der Waals surface area contributed by atoms with Crippen LogP contribution in [0.5, 0.6) is 0 Å².